The van der Waals surface area contributed by atoms with Gasteiger partial charge >= 0.3 is 0 Å². The van der Waals surface area contributed by atoms with E-state index in [4.69, 9.17) is 5.73 Å². The summed E-state index contributed by atoms with van der Waals surface area (Å²) in [5, 5.41) is 2.96. The topological polar surface area (TPSA) is 63.8 Å². The highest BCUT2D eigenvalue weighted by Gasteiger charge is 2.20. The summed E-state index contributed by atoms with van der Waals surface area (Å²) < 4.78 is 1.45. The van der Waals surface area contributed by atoms with E-state index in [-0.39, 0.29) is 11.0 Å². The van der Waals surface area contributed by atoms with Crippen LogP contribution in [0.15, 0.2) is 10.9 Å². The van der Waals surface area contributed by atoms with Gasteiger partial charge in [0.25, 0.3) is 5.56 Å². The second-order valence-corrected chi connectivity index (χ2v) is 3.66. The lowest BCUT2D eigenvalue weighted by Crippen LogP contribution is -2.28. The SMILES string of the molecule is Cn1[nH]c(C(C)(C)CN)cc1=O. The molecule has 0 bridgehead atoms. The van der Waals surface area contributed by atoms with Crippen LogP contribution in [-0.2, 0) is 12.5 Å². The number of nitrogens with zero attached hydrogens (tertiary/aromatic N) is 1. The van der Waals surface area contributed by atoms with E-state index in [0.717, 1.165) is 5.69 Å². The first-order valence-corrected chi connectivity index (χ1v) is 3.94. The van der Waals surface area contributed by atoms with Crippen LogP contribution in [0.1, 0.15) is 19.5 Å². The first kappa shape index (κ1) is 9.06. The molecule has 68 valence electrons. The van der Waals surface area contributed by atoms with Crippen molar-refractivity contribution < 1.29 is 0 Å². The van der Waals surface area contributed by atoms with Crippen molar-refractivity contribution in [2.24, 2.45) is 12.8 Å². The highest BCUT2D eigenvalue weighted by molar-refractivity contribution is 5.12. The van der Waals surface area contributed by atoms with Crippen LogP contribution in [-0.4, -0.2) is 16.3 Å². The van der Waals surface area contributed by atoms with Gasteiger partial charge in [-0.3, -0.25) is 14.6 Å². The molecule has 4 nitrogen and oxygen atoms in total. The van der Waals surface area contributed by atoms with Crippen molar-refractivity contribution in [2.45, 2.75) is 19.3 Å². The van der Waals surface area contributed by atoms with Crippen molar-refractivity contribution in [3.63, 3.8) is 0 Å². The van der Waals surface area contributed by atoms with Gasteiger partial charge in [-0.05, 0) is 0 Å². The molecule has 12 heavy (non-hydrogen) atoms. The smallest absolute Gasteiger partial charge is 0.266 e. The summed E-state index contributed by atoms with van der Waals surface area (Å²) >= 11 is 0. The van der Waals surface area contributed by atoms with Gasteiger partial charge in [0, 0.05) is 30.8 Å². The monoisotopic (exact) mass is 169 g/mol. The van der Waals surface area contributed by atoms with Crippen LogP contribution in [0.25, 0.3) is 0 Å². The van der Waals surface area contributed by atoms with Gasteiger partial charge in [-0.2, -0.15) is 0 Å². The Morgan fingerprint density at radius 1 is 1.67 bits per heavy atom. The van der Waals surface area contributed by atoms with E-state index < -0.39 is 0 Å². The molecule has 0 aliphatic heterocycles. The van der Waals surface area contributed by atoms with E-state index in [1.165, 1.54) is 4.68 Å². The van der Waals surface area contributed by atoms with Gasteiger partial charge in [-0.15, -0.1) is 0 Å². The Balaban J connectivity index is 3.12. The van der Waals surface area contributed by atoms with Crippen LogP contribution in [0.2, 0.25) is 0 Å². The highest BCUT2D eigenvalue weighted by atomic mass is 16.1. The Hall–Kier alpha value is -1.03. The Morgan fingerprint density at radius 3 is 2.58 bits per heavy atom. The fourth-order valence-electron chi connectivity index (χ4n) is 0.945. The van der Waals surface area contributed by atoms with Crippen molar-refractivity contribution in [3.8, 4) is 0 Å². The minimum atomic E-state index is -0.152. The number of hydrogen-bond donors (Lipinski definition) is 2. The zero-order valence-corrected chi connectivity index (χ0v) is 7.72. The summed E-state index contributed by atoms with van der Waals surface area (Å²) in [6.45, 7) is 4.52. The summed E-state index contributed by atoms with van der Waals surface area (Å²) in [6, 6.07) is 1.59. The van der Waals surface area contributed by atoms with E-state index >= 15 is 0 Å². The van der Waals surface area contributed by atoms with E-state index in [1.807, 2.05) is 13.8 Å². The van der Waals surface area contributed by atoms with E-state index in [2.05, 4.69) is 5.10 Å². The Kier molecular flexibility index (Phi) is 2.10. The van der Waals surface area contributed by atoms with Gasteiger partial charge in [0.1, 0.15) is 0 Å². The van der Waals surface area contributed by atoms with E-state index in [9.17, 15) is 4.79 Å². The molecule has 0 aliphatic rings. The molecule has 4 heteroatoms. The van der Waals surface area contributed by atoms with Gasteiger partial charge in [-0.1, -0.05) is 13.8 Å². The predicted molar refractivity (Wildman–Crippen MR) is 48.1 cm³/mol. The molecule has 1 aromatic rings. The van der Waals surface area contributed by atoms with Gasteiger partial charge in [0.2, 0.25) is 0 Å². The lowest BCUT2D eigenvalue weighted by atomic mass is 9.90. The largest absolute Gasteiger partial charge is 0.330 e. The number of H-pyrrole nitrogens is 1. The third-order valence-corrected chi connectivity index (χ3v) is 2.13. The molecule has 0 aliphatic carbocycles. The average Bonchev–Trinajstić information content (AvgIpc) is 2.33. The molecule has 0 radical (unpaired) electrons. The fourth-order valence-corrected chi connectivity index (χ4v) is 0.945. The molecule has 0 aromatic carbocycles. The maximum atomic E-state index is 11.1. The second kappa shape index (κ2) is 2.79. The molecule has 0 spiro atoms. The number of aromatic amines is 1. The molecule has 1 heterocycles. The maximum Gasteiger partial charge on any atom is 0.266 e. The Bertz CT molecular complexity index is 321. The van der Waals surface area contributed by atoms with Crippen LogP contribution in [0, 0.1) is 0 Å². The molecule has 0 saturated carbocycles. The van der Waals surface area contributed by atoms with Crippen molar-refractivity contribution in [1.82, 2.24) is 9.78 Å². The normalized spacial score (nSPS) is 12.0. The molecular formula is C8H15N3O. The maximum absolute atomic E-state index is 11.1. The third-order valence-electron chi connectivity index (χ3n) is 2.13. The van der Waals surface area contributed by atoms with Crippen molar-refractivity contribution >= 4 is 0 Å². The van der Waals surface area contributed by atoms with Gasteiger partial charge in [0.05, 0.1) is 0 Å². The van der Waals surface area contributed by atoms with E-state index in [1.54, 1.807) is 13.1 Å². The van der Waals surface area contributed by atoms with Crippen LogP contribution in [0.3, 0.4) is 0 Å². The van der Waals surface area contributed by atoms with Crippen LogP contribution in [0.4, 0.5) is 0 Å². The Morgan fingerprint density at radius 2 is 2.25 bits per heavy atom. The highest BCUT2D eigenvalue weighted by Crippen LogP contribution is 2.17. The molecule has 0 saturated heterocycles. The molecule has 3 N–H and O–H groups in total. The lowest BCUT2D eigenvalue weighted by Gasteiger charge is -2.19. The number of nitrogens with two attached hydrogens (primary N) is 1. The van der Waals surface area contributed by atoms with Gasteiger partial charge < -0.3 is 5.73 Å². The number of aryl methyl sites for hydroxylation is 1. The van der Waals surface area contributed by atoms with Crippen LogP contribution in [0.5, 0.6) is 0 Å². The fraction of sp³-hybridized carbons (Fsp3) is 0.625. The summed E-state index contributed by atoms with van der Waals surface area (Å²) in [4.78, 5) is 11.1. The first-order valence-electron chi connectivity index (χ1n) is 3.94. The molecule has 1 aromatic heterocycles. The lowest BCUT2D eigenvalue weighted by molar-refractivity contribution is 0.510. The summed E-state index contributed by atoms with van der Waals surface area (Å²) in [6.07, 6.45) is 0. The van der Waals surface area contributed by atoms with Crippen molar-refractivity contribution in [3.05, 3.63) is 22.1 Å². The quantitative estimate of drug-likeness (QED) is 0.652. The Labute approximate surface area is 71.4 Å². The van der Waals surface area contributed by atoms with Gasteiger partial charge in [0.15, 0.2) is 0 Å². The minimum absolute atomic E-state index is 0.0217. The number of aromatic nitrogens is 2. The number of nitrogens with one attached hydrogen (secondary N) is 1. The average molecular weight is 169 g/mol. The molecule has 0 atom stereocenters. The second-order valence-electron chi connectivity index (χ2n) is 3.66. The summed E-state index contributed by atoms with van der Waals surface area (Å²) in [7, 11) is 1.69. The summed E-state index contributed by atoms with van der Waals surface area (Å²) in [5.74, 6) is 0. The predicted octanol–water partition coefficient (Wildman–Crippen LogP) is -0.0503. The van der Waals surface area contributed by atoms with Crippen molar-refractivity contribution in [1.29, 1.82) is 0 Å². The first-order chi connectivity index (χ1) is 5.47. The summed E-state index contributed by atoms with van der Waals surface area (Å²) in [5.41, 5.74) is 6.28. The van der Waals surface area contributed by atoms with Crippen LogP contribution >= 0.6 is 0 Å². The standard InChI is InChI=1S/C8H15N3O/c1-8(2,5-9)6-4-7(12)11(3)10-6/h4,10H,5,9H2,1-3H3. The minimum Gasteiger partial charge on any atom is -0.330 e. The number of hydrogen-bond acceptors (Lipinski definition) is 2. The zero-order chi connectivity index (χ0) is 9.35. The van der Waals surface area contributed by atoms with Crippen LogP contribution < -0.4 is 11.3 Å². The van der Waals surface area contributed by atoms with Gasteiger partial charge in [-0.25, -0.2) is 0 Å². The third kappa shape index (κ3) is 1.43. The molecule has 0 amide bonds. The van der Waals surface area contributed by atoms with Crippen molar-refractivity contribution in [2.75, 3.05) is 6.54 Å². The molecule has 1 rings (SSSR count). The number of rotatable bonds is 2. The molecule has 0 unspecified atom stereocenters. The zero-order valence-electron chi connectivity index (χ0n) is 7.72. The molecular weight excluding hydrogens is 154 g/mol. The molecule has 0 fully saturated rings. The van der Waals surface area contributed by atoms with E-state index in [0.29, 0.717) is 6.54 Å².